The molecule has 0 bridgehead atoms. The molecule has 2 N–H and O–H groups in total. The van der Waals surface area contributed by atoms with Crippen molar-refractivity contribution >= 4 is 23.3 Å². The van der Waals surface area contributed by atoms with Gasteiger partial charge in [-0.1, -0.05) is 0 Å². The molecule has 0 unspecified atom stereocenters. The molecule has 0 radical (unpaired) electrons. The van der Waals surface area contributed by atoms with Gasteiger partial charge < -0.3 is 10.6 Å². The van der Waals surface area contributed by atoms with Crippen LogP contribution >= 0.6 is 23.3 Å². The van der Waals surface area contributed by atoms with E-state index < -0.39 is 0 Å². The van der Waals surface area contributed by atoms with Crippen LogP contribution in [0.2, 0.25) is 0 Å². The largest absolute Gasteiger partial charge is 0.366 e. The van der Waals surface area contributed by atoms with E-state index in [9.17, 15) is 10.1 Å². The third kappa shape index (κ3) is 3.61. The van der Waals surface area contributed by atoms with Crippen molar-refractivity contribution in [3.05, 3.63) is 38.8 Å². The van der Waals surface area contributed by atoms with Gasteiger partial charge in [0.2, 0.25) is 0 Å². The number of hydrogen-bond acceptors (Lipinski definition) is 7. The van der Waals surface area contributed by atoms with Crippen molar-refractivity contribution in [3.63, 3.8) is 0 Å². The van der Waals surface area contributed by atoms with Crippen molar-refractivity contribution < 1.29 is 4.92 Å². The summed E-state index contributed by atoms with van der Waals surface area (Å²) in [6.07, 6.45) is 0.487. The number of hydrogen-bond donors (Lipinski definition) is 2. The fraction of sp³-hybridized carbons (Fsp3) is 0.500. The van der Waals surface area contributed by atoms with E-state index in [-0.39, 0.29) is 10.6 Å². The molecule has 2 rings (SSSR count). The second kappa shape index (κ2) is 6.60. The number of aromatic nitrogens is 1. The van der Waals surface area contributed by atoms with Crippen molar-refractivity contribution in [2.45, 2.75) is 12.2 Å². The van der Waals surface area contributed by atoms with Crippen LogP contribution in [-0.4, -0.2) is 28.1 Å². The summed E-state index contributed by atoms with van der Waals surface area (Å²) in [6, 6.07) is 2.01. The highest BCUT2D eigenvalue weighted by Gasteiger charge is 2.23. The minimum absolute atomic E-state index is 0.263. The lowest BCUT2D eigenvalue weighted by Gasteiger charge is -2.06. The number of thioether (sulfide) groups is 1. The lowest BCUT2D eigenvalue weighted by molar-refractivity contribution is -0.427. The van der Waals surface area contributed by atoms with Gasteiger partial charge in [0.25, 0.3) is 5.70 Å². The van der Waals surface area contributed by atoms with Gasteiger partial charge in [-0.25, -0.2) is 0 Å². The fourth-order valence-corrected chi connectivity index (χ4v) is 3.00. The molecule has 0 amide bonds. The van der Waals surface area contributed by atoms with Gasteiger partial charge in [0, 0.05) is 30.0 Å². The maximum atomic E-state index is 10.7. The molecule has 0 aromatic carbocycles. The van der Waals surface area contributed by atoms with E-state index in [0.717, 1.165) is 17.2 Å². The molecule has 0 saturated heterocycles. The molecule has 1 aromatic heterocycles. The number of nitro groups is 1. The highest BCUT2D eigenvalue weighted by molar-refractivity contribution is 7.98. The lowest BCUT2D eigenvalue weighted by Crippen LogP contribution is -2.26. The molecule has 1 aliphatic heterocycles. The maximum absolute atomic E-state index is 10.7. The summed E-state index contributed by atoms with van der Waals surface area (Å²) < 4.78 is 4.22. The SMILES string of the molecule is O=[N+]([O-])C1=C(NCCSCc2ccsn2)NCC1. The topological polar surface area (TPSA) is 80.1 Å². The van der Waals surface area contributed by atoms with Crippen molar-refractivity contribution in [1.29, 1.82) is 0 Å². The fourth-order valence-electron chi connectivity index (χ4n) is 1.62. The van der Waals surface area contributed by atoms with E-state index in [1.54, 1.807) is 11.8 Å². The van der Waals surface area contributed by atoms with Crippen LogP contribution in [0.15, 0.2) is 23.0 Å². The molecule has 8 heteroatoms. The standard InChI is InChI=1S/C10H14N4O2S2/c15-14(16)9-1-3-11-10(9)12-4-6-17-7-8-2-5-18-13-8/h2,5,11-12H,1,3-4,6-7H2. The molecule has 0 spiro atoms. The van der Waals surface area contributed by atoms with Crippen molar-refractivity contribution in [1.82, 2.24) is 15.0 Å². The zero-order valence-corrected chi connectivity index (χ0v) is 11.4. The summed E-state index contributed by atoms with van der Waals surface area (Å²) in [5, 5.41) is 18.8. The monoisotopic (exact) mass is 286 g/mol. The van der Waals surface area contributed by atoms with Crippen LogP contribution in [0, 0.1) is 10.1 Å². The Bertz CT molecular complexity index is 433. The molecule has 98 valence electrons. The summed E-state index contributed by atoms with van der Waals surface area (Å²) in [5.74, 6) is 2.36. The van der Waals surface area contributed by atoms with Crippen LogP contribution in [0.3, 0.4) is 0 Å². The van der Waals surface area contributed by atoms with Crippen LogP contribution in [0.25, 0.3) is 0 Å². The Balaban J connectivity index is 1.66. The predicted octanol–water partition coefficient (Wildman–Crippen LogP) is 1.40. The Morgan fingerprint density at radius 2 is 2.56 bits per heavy atom. The van der Waals surface area contributed by atoms with E-state index in [0.29, 0.717) is 25.3 Å². The second-order valence-corrected chi connectivity index (χ2v) is 5.50. The van der Waals surface area contributed by atoms with Gasteiger partial charge in [-0.05, 0) is 17.6 Å². The molecule has 0 fully saturated rings. The van der Waals surface area contributed by atoms with Crippen molar-refractivity contribution in [3.8, 4) is 0 Å². The normalized spacial score (nSPS) is 14.7. The Kier molecular flexibility index (Phi) is 4.82. The third-order valence-corrected chi connectivity index (χ3v) is 4.05. The number of nitrogens with one attached hydrogen (secondary N) is 2. The summed E-state index contributed by atoms with van der Waals surface area (Å²) >= 11 is 3.22. The van der Waals surface area contributed by atoms with Crippen LogP contribution in [0.4, 0.5) is 0 Å². The number of rotatable bonds is 7. The van der Waals surface area contributed by atoms with Gasteiger partial charge in [-0.2, -0.15) is 16.1 Å². The molecule has 0 aliphatic carbocycles. The molecular formula is C10H14N4O2S2. The molecule has 18 heavy (non-hydrogen) atoms. The van der Waals surface area contributed by atoms with Crippen LogP contribution in [-0.2, 0) is 5.75 Å². The van der Waals surface area contributed by atoms with E-state index in [1.165, 1.54) is 11.5 Å². The minimum atomic E-state index is -0.315. The maximum Gasteiger partial charge on any atom is 0.287 e. The van der Waals surface area contributed by atoms with Gasteiger partial charge in [-0.3, -0.25) is 10.1 Å². The number of nitrogens with zero attached hydrogens (tertiary/aromatic N) is 2. The first-order valence-corrected chi connectivity index (χ1v) is 7.59. The van der Waals surface area contributed by atoms with E-state index in [4.69, 9.17) is 0 Å². The second-order valence-electron chi connectivity index (χ2n) is 3.73. The summed E-state index contributed by atoms with van der Waals surface area (Å²) in [4.78, 5) is 10.4. The zero-order chi connectivity index (χ0) is 12.8. The predicted molar refractivity (Wildman–Crippen MR) is 72.9 cm³/mol. The molecular weight excluding hydrogens is 272 g/mol. The van der Waals surface area contributed by atoms with Gasteiger partial charge in [0.05, 0.1) is 17.0 Å². The van der Waals surface area contributed by atoms with Gasteiger partial charge >= 0.3 is 0 Å². The molecule has 6 nitrogen and oxygen atoms in total. The molecule has 0 atom stereocenters. The highest BCUT2D eigenvalue weighted by atomic mass is 32.2. The van der Waals surface area contributed by atoms with Gasteiger partial charge in [0.1, 0.15) is 0 Å². The first-order chi connectivity index (χ1) is 8.77. The van der Waals surface area contributed by atoms with E-state index in [1.807, 2.05) is 11.4 Å². The average Bonchev–Trinajstić information content (AvgIpc) is 2.98. The Labute approximate surface area is 113 Å². The van der Waals surface area contributed by atoms with Crippen molar-refractivity contribution in [2.75, 3.05) is 18.8 Å². The molecule has 1 aromatic rings. The first kappa shape index (κ1) is 13.2. The first-order valence-electron chi connectivity index (χ1n) is 5.59. The lowest BCUT2D eigenvalue weighted by atomic mass is 10.4. The van der Waals surface area contributed by atoms with Crippen LogP contribution in [0.1, 0.15) is 12.1 Å². The summed E-state index contributed by atoms with van der Waals surface area (Å²) in [7, 11) is 0. The Hall–Kier alpha value is -1.28. The molecule has 2 heterocycles. The zero-order valence-electron chi connectivity index (χ0n) is 9.72. The van der Waals surface area contributed by atoms with E-state index >= 15 is 0 Å². The molecule has 0 saturated carbocycles. The smallest absolute Gasteiger partial charge is 0.287 e. The van der Waals surface area contributed by atoms with Gasteiger partial charge in [0.15, 0.2) is 5.82 Å². The van der Waals surface area contributed by atoms with E-state index in [2.05, 4.69) is 15.0 Å². The summed E-state index contributed by atoms with van der Waals surface area (Å²) in [5.41, 5.74) is 1.36. The average molecular weight is 286 g/mol. The third-order valence-electron chi connectivity index (χ3n) is 2.46. The van der Waals surface area contributed by atoms with Gasteiger partial charge in [-0.15, -0.1) is 0 Å². The highest BCUT2D eigenvalue weighted by Crippen LogP contribution is 2.13. The van der Waals surface area contributed by atoms with Crippen molar-refractivity contribution in [2.24, 2.45) is 0 Å². The quantitative estimate of drug-likeness (QED) is 0.448. The Morgan fingerprint density at radius 3 is 3.28 bits per heavy atom. The van der Waals surface area contributed by atoms with Crippen LogP contribution < -0.4 is 10.6 Å². The Morgan fingerprint density at radius 1 is 1.67 bits per heavy atom. The minimum Gasteiger partial charge on any atom is -0.366 e. The summed E-state index contributed by atoms with van der Waals surface area (Å²) in [6.45, 7) is 1.36. The molecule has 1 aliphatic rings. The van der Waals surface area contributed by atoms with Crippen LogP contribution in [0.5, 0.6) is 0 Å².